The van der Waals surface area contributed by atoms with Crippen molar-refractivity contribution in [3.05, 3.63) is 35.6 Å². The second-order valence-corrected chi connectivity index (χ2v) is 1.69. The van der Waals surface area contributed by atoms with Crippen LogP contribution in [0.3, 0.4) is 0 Å². The Labute approximate surface area is 70.2 Å². The standard InChI is InChI=1S/C7H6F.Mg.2H/c1-6-3-2-4-7(8)5-6;;;/h2,4-5H,1H3;;;. The number of rotatable bonds is 0. The Bertz CT molecular complexity index is 169. The van der Waals surface area contributed by atoms with E-state index in [2.05, 4.69) is 6.07 Å². The third-order valence-corrected chi connectivity index (χ3v) is 0.908. The molecule has 0 atom stereocenters. The largest absolute Gasteiger partial charge is 0.316 e. The zero-order valence-corrected chi connectivity index (χ0v) is 4.61. The molecule has 0 nitrogen and oxygen atoms in total. The van der Waals surface area contributed by atoms with E-state index in [0.717, 1.165) is 5.56 Å². The zero-order chi connectivity index (χ0) is 5.98. The molecule has 0 unspecified atom stereocenters. The van der Waals surface area contributed by atoms with Crippen LogP contribution in [0, 0.1) is 18.8 Å². The summed E-state index contributed by atoms with van der Waals surface area (Å²) >= 11 is 0. The molecule has 1 aromatic rings. The van der Waals surface area contributed by atoms with Gasteiger partial charge >= 0.3 is 23.1 Å². The summed E-state index contributed by atoms with van der Waals surface area (Å²) in [4.78, 5) is 0. The highest BCUT2D eigenvalue weighted by Crippen LogP contribution is 1.98. The van der Waals surface area contributed by atoms with Gasteiger partial charge in [0.25, 0.3) is 0 Å². The number of aryl methyl sites for hydroxylation is 1. The highest BCUT2D eigenvalue weighted by Gasteiger charge is 1.85. The van der Waals surface area contributed by atoms with Crippen LogP contribution in [-0.2, 0) is 0 Å². The van der Waals surface area contributed by atoms with Gasteiger partial charge in [-0.3, -0.25) is 0 Å². The number of benzene rings is 1. The topological polar surface area (TPSA) is 0 Å². The Hall–Kier alpha value is -0.0838. The molecule has 0 heterocycles. The van der Waals surface area contributed by atoms with Crippen molar-refractivity contribution in [1.29, 1.82) is 0 Å². The number of hydrogen-bond donors (Lipinski definition) is 0. The van der Waals surface area contributed by atoms with E-state index in [0.29, 0.717) is 0 Å². The van der Waals surface area contributed by atoms with Gasteiger partial charge in [-0.05, 0) is 30.7 Å². The van der Waals surface area contributed by atoms with Crippen molar-refractivity contribution >= 4 is 23.1 Å². The average Bonchev–Trinajstić information content (AvgIpc) is 1.64. The van der Waals surface area contributed by atoms with Crippen LogP contribution >= 0.6 is 0 Å². The van der Waals surface area contributed by atoms with Crippen LogP contribution in [0.2, 0.25) is 0 Å². The molecular formula is C7H8FMg. The SMILES string of the molecule is Cc1[c]ccc(F)c1.[MgH2]. The van der Waals surface area contributed by atoms with Crippen LogP contribution < -0.4 is 0 Å². The molecule has 0 bridgehead atoms. The third kappa shape index (κ3) is 2.82. The molecule has 0 amide bonds. The minimum absolute atomic E-state index is 0. The van der Waals surface area contributed by atoms with E-state index in [-0.39, 0.29) is 28.9 Å². The van der Waals surface area contributed by atoms with E-state index in [1.807, 2.05) is 6.92 Å². The zero-order valence-electron chi connectivity index (χ0n) is 4.61. The summed E-state index contributed by atoms with van der Waals surface area (Å²) in [6.07, 6.45) is 0. The molecule has 0 saturated carbocycles. The fraction of sp³-hybridized carbons (Fsp3) is 0.143. The molecule has 0 aromatic heterocycles. The van der Waals surface area contributed by atoms with Crippen LogP contribution in [0.15, 0.2) is 18.2 Å². The Morgan fingerprint density at radius 1 is 1.56 bits per heavy atom. The molecule has 0 fully saturated rings. The molecule has 1 rings (SSSR count). The lowest BCUT2D eigenvalue weighted by Crippen LogP contribution is -1.73. The van der Waals surface area contributed by atoms with E-state index >= 15 is 0 Å². The van der Waals surface area contributed by atoms with Crippen molar-refractivity contribution in [3.8, 4) is 0 Å². The Morgan fingerprint density at radius 3 is 2.56 bits per heavy atom. The maximum absolute atomic E-state index is 12.1. The summed E-state index contributed by atoms with van der Waals surface area (Å²) < 4.78 is 12.1. The lowest BCUT2D eigenvalue weighted by molar-refractivity contribution is 0.626. The minimum atomic E-state index is -0.193. The molecule has 9 heavy (non-hydrogen) atoms. The van der Waals surface area contributed by atoms with Gasteiger partial charge in [0.15, 0.2) is 0 Å². The Kier molecular flexibility index (Phi) is 3.82. The first-order chi connectivity index (χ1) is 3.79. The molecular weight excluding hydrogens is 127 g/mol. The smallest absolute Gasteiger partial charge is 0.207 e. The summed E-state index contributed by atoms with van der Waals surface area (Å²) in [6.45, 7) is 1.81. The van der Waals surface area contributed by atoms with Crippen molar-refractivity contribution in [2.45, 2.75) is 6.92 Å². The van der Waals surface area contributed by atoms with Crippen molar-refractivity contribution in [2.24, 2.45) is 0 Å². The summed E-state index contributed by atoms with van der Waals surface area (Å²) in [7, 11) is 0. The van der Waals surface area contributed by atoms with Gasteiger partial charge in [-0.15, -0.1) is 0 Å². The normalized spacial score (nSPS) is 8.22. The fourth-order valence-electron chi connectivity index (χ4n) is 0.549. The van der Waals surface area contributed by atoms with E-state index < -0.39 is 0 Å². The van der Waals surface area contributed by atoms with Gasteiger partial charge in [0.2, 0.25) is 0 Å². The molecule has 45 valence electrons. The van der Waals surface area contributed by atoms with Crippen LogP contribution in [0.1, 0.15) is 5.56 Å². The minimum Gasteiger partial charge on any atom is -0.207 e. The molecule has 0 saturated heterocycles. The van der Waals surface area contributed by atoms with E-state index in [9.17, 15) is 4.39 Å². The first-order valence-electron chi connectivity index (χ1n) is 2.43. The second kappa shape index (κ2) is 3.85. The fourth-order valence-corrected chi connectivity index (χ4v) is 0.549. The van der Waals surface area contributed by atoms with Crippen molar-refractivity contribution in [1.82, 2.24) is 0 Å². The first-order valence-corrected chi connectivity index (χ1v) is 2.43. The lowest BCUT2D eigenvalue weighted by Gasteiger charge is -1.86. The van der Waals surface area contributed by atoms with Crippen LogP contribution in [0.4, 0.5) is 4.39 Å². The molecule has 2 heteroatoms. The van der Waals surface area contributed by atoms with Gasteiger partial charge in [-0.25, -0.2) is 4.39 Å². The molecule has 1 radical (unpaired) electrons. The van der Waals surface area contributed by atoms with Crippen LogP contribution in [0.5, 0.6) is 0 Å². The van der Waals surface area contributed by atoms with Gasteiger partial charge < -0.3 is 0 Å². The summed E-state index contributed by atoms with van der Waals surface area (Å²) in [5, 5.41) is 0. The van der Waals surface area contributed by atoms with Crippen molar-refractivity contribution in [2.75, 3.05) is 0 Å². The number of hydrogen-bond acceptors (Lipinski definition) is 0. The van der Waals surface area contributed by atoms with Gasteiger partial charge in [-0.1, -0.05) is 6.07 Å². The molecule has 0 spiro atoms. The van der Waals surface area contributed by atoms with Gasteiger partial charge in [0.1, 0.15) is 5.82 Å². The molecule has 0 aliphatic carbocycles. The maximum Gasteiger partial charge on any atom is 0.316 e. The van der Waals surface area contributed by atoms with E-state index in [1.165, 1.54) is 12.1 Å². The summed E-state index contributed by atoms with van der Waals surface area (Å²) in [5.41, 5.74) is 0.838. The highest BCUT2D eigenvalue weighted by molar-refractivity contribution is 5.75. The first kappa shape index (κ1) is 8.92. The maximum atomic E-state index is 12.1. The van der Waals surface area contributed by atoms with E-state index in [1.54, 1.807) is 6.07 Å². The highest BCUT2D eigenvalue weighted by atomic mass is 24.3. The van der Waals surface area contributed by atoms with Gasteiger partial charge in [-0.2, -0.15) is 0 Å². The third-order valence-electron chi connectivity index (χ3n) is 0.908. The van der Waals surface area contributed by atoms with Crippen LogP contribution in [0.25, 0.3) is 0 Å². The molecule has 1 aromatic carbocycles. The van der Waals surface area contributed by atoms with Crippen LogP contribution in [-0.4, -0.2) is 23.1 Å². The lowest BCUT2D eigenvalue weighted by atomic mass is 10.2. The van der Waals surface area contributed by atoms with Crippen molar-refractivity contribution in [3.63, 3.8) is 0 Å². The Balaban J connectivity index is 0.000000640. The predicted molar refractivity (Wildman–Crippen MR) is 38.5 cm³/mol. The molecule has 0 aliphatic heterocycles. The molecule has 0 aliphatic rings. The Morgan fingerprint density at radius 2 is 2.22 bits per heavy atom. The molecule has 0 N–H and O–H groups in total. The van der Waals surface area contributed by atoms with Gasteiger partial charge in [0.05, 0.1) is 0 Å². The quantitative estimate of drug-likeness (QED) is 0.466. The van der Waals surface area contributed by atoms with Crippen molar-refractivity contribution < 1.29 is 4.39 Å². The average molecular weight is 135 g/mol. The predicted octanol–water partition coefficient (Wildman–Crippen LogP) is 1.02. The van der Waals surface area contributed by atoms with Gasteiger partial charge in [0, 0.05) is 0 Å². The summed E-state index contributed by atoms with van der Waals surface area (Å²) in [5.74, 6) is -0.193. The van der Waals surface area contributed by atoms with E-state index in [4.69, 9.17) is 0 Å². The summed E-state index contributed by atoms with van der Waals surface area (Å²) in [6, 6.07) is 7.23. The monoisotopic (exact) mass is 135 g/mol. The number of halogens is 1. The second-order valence-electron chi connectivity index (χ2n) is 1.69.